The van der Waals surface area contributed by atoms with Crippen molar-refractivity contribution in [1.29, 1.82) is 0 Å². The second-order valence-corrected chi connectivity index (χ2v) is 16.1. The van der Waals surface area contributed by atoms with Gasteiger partial charge in [0.25, 0.3) is 12.3 Å². The molecular weight excluding hydrogens is 672 g/mol. The molecule has 4 fully saturated rings. The largest absolute Gasteiger partial charge is 0.444 e. The maximum Gasteiger partial charge on any atom is 0.410 e. The summed E-state index contributed by atoms with van der Waals surface area (Å²) in [7, 11) is 0. The average Bonchev–Trinajstić information content (AvgIpc) is 3.76. The number of hydrogen-bond acceptors (Lipinski definition) is 9. The Morgan fingerprint density at radius 1 is 1.02 bits per heavy atom. The minimum Gasteiger partial charge on any atom is -0.444 e. The number of aromatic nitrogens is 5. The predicted octanol–water partition coefficient (Wildman–Crippen LogP) is 6.19. The molecule has 1 N–H and O–H groups in total. The predicted molar refractivity (Wildman–Crippen MR) is 192 cm³/mol. The van der Waals surface area contributed by atoms with Crippen LogP contribution in [0.15, 0.2) is 24.7 Å². The van der Waals surface area contributed by atoms with Gasteiger partial charge in [-0.1, -0.05) is 0 Å². The molecule has 0 aromatic carbocycles. The third kappa shape index (κ3) is 8.35. The fourth-order valence-electron chi connectivity index (χ4n) is 8.37. The summed E-state index contributed by atoms with van der Waals surface area (Å²) in [6.45, 7) is 12.7. The summed E-state index contributed by atoms with van der Waals surface area (Å²) in [4.78, 5) is 37.0. The van der Waals surface area contributed by atoms with Gasteiger partial charge in [-0.15, -0.1) is 0 Å². The Morgan fingerprint density at radius 2 is 1.73 bits per heavy atom. The quantitative estimate of drug-likeness (QED) is 0.290. The number of nitrogens with one attached hydrogen (secondary N) is 1. The van der Waals surface area contributed by atoms with Crippen LogP contribution in [0.4, 0.5) is 25.1 Å². The van der Waals surface area contributed by atoms with Gasteiger partial charge in [0, 0.05) is 51.7 Å². The van der Waals surface area contributed by atoms with Crippen molar-refractivity contribution in [2.24, 2.45) is 11.3 Å². The van der Waals surface area contributed by atoms with E-state index in [4.69, 9.17) is 9.47 Å². The van der Waals surface area contributed by atoms with E-state index in [1.165, 1.54) is 42.8 Å². The molecule has 4 aliphatic rings. The molecule has 3 aliphatic heterocycles. The van der Waals surface area contributed by atoms with E-state index < -0.39 is 23.6 Å². The number of ether oxygens (including phenoxy) is 2. The van der Waals surface area contributed by atoms with E-state index in [0.29, 0.717) is 49.1 Å². The Labute approximate surface area is 304 Å². The zero-order valence-electron chi connectivity index (χ0n) is 30.7. The van der Waals surface area contributed by atoms with Crippen molar-refractivity contribution in [2.75, 3.05) is 69.2 Å². The van der Waals surface area contributed by atoms with Crippen molar-refractivity contribution in [3.63, 3.8) is 0 Å². The highest BCUT2D eigenvalue weighted by molar-refractivity contribution is 6.08. The topological polar surface area (TPSA) is 122 Å². The number of hydrogen-bond donors (Lipinski definition) is 1. The number of carbonyl (C=O) groups excluding carboxylic acids is 2. The number of alkyl halides is 2. The lowest BCUT2D eigenvalue weighted by Crippen LogP contribution is -2.46. The van der Waals surface area contributed by atoms with Crippen LogP contribution in [0.5, 0.6) is 0 Å². The third-order valence-electron chi connectivity index (χ3n) is 11.6. The molecule has 15 heteroatoms. The van der Waals surface area contributed by atoms with E-state index in [0.717, 1.165) is 58.4 Å². The van der Waals surface area contributed by atoms with Crippen molar-refractivity contribution in [1.82, 2.24) is 34.2 Å². The van der Waals surface area contributed by atoms with E-state index in [9.17, 15) is 18.4 Å². The fourth-order valence-corrected chi connectivity index (χ4v) is 8.37. The second kappa shape index (κ2) is 15.2. The van der Waals surface area contributed by atoms with Crippen LogP contribution >= 0.6 is 0 Å². The Bertz CT molecular complexity index is 1690. The molecule has 284 valence electrons. The Balaban J connectivity index is 0.884. The summed E-state index contributed by atoms with van der Waals surface area (Å²) in [5.74, 6) is 0.865. The molecular formula is C37H53F2N9O4. The minimum absolute atomic E-state index is 0.0108. The van der Waals surface area contributed by atoms with Gasteiger partial charge in [0.15, 0.2) is 11.3 Å². The van der Waals surface area contributed by atoms with Crippen LogP contribution in [0.3, 0.4) is 0 Å². The van der Waals surface area contributed by atoms with Gasteiger partial charge in [0.1, 0.15) is 17.0 Å². The van der Waals surface area contributed by atoms with Crippen LogP contribution in [-0.2, 0) is 9.47 Å². The summed E-state index contributed by atoms with van der Waals surface area (Å²) >= 11 is 0. The molecule has 7 rings (SSSR count). The molecule has 2 amide bonds. The molecule has 3 aromatic heterocycles. The van der Waals surface area contributed by atoms with E-state index in [1.54, 1.807) is 17.1 Å². The molecule has 3 saturated heterocycles. The van der Waals surface area contributed by atoms with Crippen LogP contribution in [0.2, 0.25) is 0 Å². The number of halogens is 2. The number of piperidine rings is 2. The number of carbonyl (C=O) groups is 2. The van der Waals surface area contributed by atoms with Crippen molar-refractivity contribution >= 4 is 29.2 Å². The SMILES string of the molecule is CC(C)(C)OC(=O)N1CCC2(CCC(CCN3CCC(n4cc(NC(=O)c5cnn6ccc(N7CCOCC7)nc56)c(C(F)F)n4)CC3)CC2)CC1. The summed E-state index contributed by atoms with van der Waals surface area (Å²) in [6, 6.07) is 1.82. The van der Waals surface area contributed by atoms with Crippen LogP contribution in [-0.4, -0.2) is 111 Å². The molecule has 1 spiro atoms. The number of likely N-dealkylation sites (tertiary alicyclic amines) is 2. The van der Waals surface area contributed by atoms with Gasteiger partial charge in [0.2, 0.25) is 0 Å². The smallest absolute Gasteiger partial charge is 0.410 e. The number of morpholine rings is 1. The molecule has 0 bridgehead atoms. The molecule has 0 unspecified atom stereocenters. The maximum absolute atomic E-state index is 14.2. The first kappa shape index (κ1) is 36.5. The van der Waals surface area contributed by atoms with Gasteiger partial charge in [-0.05, 0) is 103 Å². The van der Waals surface area contributed by atoms with E-state index in [-0.39, 0.29) is 23.4 Å². The molecule has 13 nitrogen and oxygen atoms in total. The van der Waals surface area contributed by atoms with Crippen molar-refractivity contribution in [3.05, 3.63) is 35.9 Å². The third-order valence-corrected chi connectivity index (χ3v) is 11.6. The first-order valence-electron chi connectivity index (χ1n) is 19.0. The van der Waals surface area contributed by atoms with E-state index in [1.807, 2.05) is 31.7 Å². The van der Waals surface area contributed by atoms with Gasteiger partial charge in [0.05, 0.1) is 31.1 Å². The average molecular weight is 726 g/mol. The number of fused-ring (bicyclic) bond motifs is 1. The number of rotatable bonds is 8. The lowest BCUT2D eigenvalue weighted by Gasteiger charge is -2.46. The molecule has 1 aliphatic carbocycles. The van der Waals surface area contributed by atoms with Crippen LogP contribution in [0.25, 0.3) is 5.65 Å². The number of amides is 2. The summed E-state index contributed by atoms with van der Waals surface area (Å²) in [5.41, 5.74) is 0.0332. The molecule has 1 saturated carbocycles. The van der Waals surface area contributed by atoms with Crippen molar-refractivity contribution in [2.45, 2.75) is 96.6 Å². The standard InChI is InChI=1S/C37H53F2N9O4/c1-36(2,3)52-35(50)46-18-12-37(13-19-46)10-4-26(5-11-37)6-14-44-15-7-27(8-16-44)48-25-29(31(43-48)32(38)39)41-34(49)28-24-40-47-17-9-30(42-33(28)47)45-20-22-51-23-21-45/h9,17,24-27,32H,4-8,10-16,18-23H2,1-3H3,(H,41,49). The van der Waals surface area contributed by atoms with Gasteiger partial charge < -0.3 is 29.5 Å². The highest BCUT2D eigenvalue weighted by Crippen LogP contribution is 2.47. The first-order valence-corrected chi connectivity index (χ1v) is 19.0. The molecule has 3 aromatic rings. The Kier molecular flexibility index (Phi) is 10.7. The minimum atomic E-state index is -2.83. The first-order chi connectivity index (χ1) is 25.0. The van der Waals surface area contributed by atoms with E-state index in [2.05, 4.69) is 30.3 Å². The fraction of sp³-hybridized carbons (Fsp3) is 0.703. The molecule has 6 heterocycles. The van der Waals surface area contributed by atoms with E-state index >= 15 is 0 Å². The zero-order chi connectivity index (χ0) is 36.5. The van der Waals surface area contributed by atoms with Gasteiger partial charge in [-0.3, -0.25) is 9.48 Å². The Morgan fingerprint density at radius 3 is 2.40 bits per heavy atom. The Hall–Kier alpha value is -3.85. The summed E-state index contributed by atoms with van der Waals surface area (Å²) in [6.07, 6.45) is 11.5. The number of anilines is 2. The highest BCUT2D eigenvalue weighted by atomic mass is 19.3. The molecule has 52 heavy (non-hydrogen) atoms. The molecule has 0 atom stereocenters. The van der Waals surface area contributed by atoms with Crippen molar-refractivity contribution < 1.29 is 27.8 Å². The normalized spacial score (nSPS) is 21.0. The lowest BCUT2D eigenvalue weighted by atomic mass is 9.65. The molecule has 0 radical (unpaired) electrons. The maximum atomic E-state index is 14.2. The van der Waals surface area contributed by atoms with Gasteiger partial charge in [-0.2, -0.15) is 10.2 Å². The van der Waals surface area contributed by atoms with Crippen LogP contribution < -0.4 is 10.2 Å². The van der Waals surface area contributed by atoms with Gasteiger partial charge in [-0.25, -0.2) is 23.1 Å². The summed E-state index contributed by atoms with van der Waals surface area (Å²) in [5, 5.41) is 11.2. The van der Waals surface area contributed by atoms with Crippen LogP contribution in [0, 0.1) is 11.3 Å². The zero-order valence-corrected chi connectivity index (χ0v) is 30.7. The van der Waals surface area contributed by atoms with Crippen LogP contribution in [0.1, 0.15) is 107 Å². The van der Waals surface area contributed by atoms with Crippen molar-refractivity contribution in [3.8, 4) is 0 Å². The van der Waals surface area contributed by atoms with Gasteiger partial charge >= 0.3 is 6.09 Å². The highest BCUT2D eigenvalue weighted by Gasteiger charge is 2.40. The lowest BCUT2D eigenvalue weighted by molar-refractivity contribution is 0.000708. The monoisotopic (exact) mass is 725 g/mol. The summed E-state index contributed by atoms with van der Waals surface area (Å²) < 4.78 is 42.5. The number of nitrogens with zero attached hydrogens (tertiary/aromatic N) is 8. The second-order valence-electron chi connectivity index (χ2n) is 16.1.